The van der Waals surface area contributed by atoms with Gasteiger partial charge in [0.1, 0.15) is 0 Å². The number of nitrogens with one attached hydrogen (secondary N) is 1. The number of hydrogen-bond acceptors (Lipinski definition) is 4. The molecule has 3 nitrogen and oxygen atoms in total. The van der Waals surface area contributed by atoms with Crippen LogP contribution < -0.4 is 5.32 Å². The van der Waals surface area contributed by atoms with Crippen molar-refractivity contribution in [3.63, 3.8) is 0 Å². The van der Waals surface area contributed by atoms with Crippen molar-refractivity contribution in [1.29, 1.82) is 0 Å². The number of nitrogens with zero attached hydrogens (tertiary/aromatic N) is 1. The van der Waals surface area contributed by atoms with E-state index in [1.54, 1.807) is 23.9 Å². The molecular formula is C12H16N2OS. The molecule has 2 heterocycles. The molecule has 2 aromatic rings. The third kappa shape index (κ3) is 2.51. The largest absolute Gasteiger partial charge is 0.472 e. The molecule has 86 valence electrons. The molecular weight excluding hydrogens is 220 g/mol. The van der Waals surface area contributed by atoms with Crippen LogP contribution in [0, 0.1) is 13.8 Å². The van der Waals surface area contributed by atoms with E-state index in [1.807, 2.05) is 13.0 Å². The lowest BCUT2D eigenvalue weighted by Crippen LogP contribution is -2.18. The average Bonchev–Trinajstić information content (AvgIpc) is 2.84. The molecule has 16 heavy (non-hydrogen) atoms. The maximum absolute atomic E-state index is 5.03. The Morgan fingerprint density at radius 3 is 2.88 bits per heavy atom. The summed E-state index contributed by atoms with van der Waals surface area (Å²) in [5, 5.41) is 4.57. The monoisotopic (exact) mass is 236 g/mol. The van der Waals surface area contributed by atoms with Crippen LogP contribution in [-0.4, -0.2) is 4.98 Å². The minimum atomic E-state index is 0.278. The van der Waals surface area contributed by atoms with Crippen LogP contribution in [0.1, 0.15) is 34.1 Å². The second-order valence-electron chi connectivity index (χ2n) is 3.91. The Morgan fingerprint density at radius 1 is 1.50 bits per heavy atom. The summed E-state index contributed by atoms with van der Waals surface area (Å²) in [5.41, 5.74) is 2.32. The van der Waals surface area contributed by atoms with Crippen LogP contribution >= 0.6 is 11.3 Å². The Kier molecular flexibility index (Phi) is 3.41. The van der Waals surface area contributed by atoms with Gasteiger partial charge in [0.2, 0.25) is 0 Å². The number of aromatic nitrogens is 1. The first-order chi connectivity index (χ1) is 7.66. The molecule has 0 aliphatic carbocycles. The molecule has 1 unspecified atom stereocenters. The van der Waals surface area contributed by atoms with Crippen LogP contribution in [0.4, 0.5) is 0 Å². The molecule has 0 saturated carbocycles. The van der Waals surface area contributed by atoms with Gasteiger partial charge in [0.15, 0.2) is 0 Å². The molecule has 0 bridgehead atoms. The molecule has 0 radical (unpaired) electrons. The summed E-state index contributed by atoms with van der Waals surface area (Å²) in [6.07, 6.45) is 3.46. The van der Waals surface area contributed by atoms with Gasteiger partial charge in [-0.1, -0.05) is 0 Å². The molecule has 0 fully saturated rings. The number of aryl methyl sites for hydroxylation is 2. The van der Waals surface area contributed by atoms with Crippen LogP contribution in [0.3, 0.4) is 0 Å². The summed E-state index contributed by atoms with van der Waals surface area (Å²) in [5.74, 6) is 0. The van der Waals surface area contributed by atoms with Crippen molar-refractivity contribution in [3.8, 4) is 0 Å². The maximum atomic E-state index is 5.03. The highest BCUT2D eigenvalue weighted by molar-refractivity contribution is 7.11. The molecule has 1 atom stereocenters. The van der Waals surface area contributed by atoms with Gasteiger partial charge in [-0.15, -0.1) is 11.3 Å². The van der Waals surface area contributed by atoms with E-state index in [0.29, 0.717) is 0 Å². The summed E-state index contributed by atoms with van der Waals surface area (Å²) >= 11 is 1.75. The molecule has 0 amide bonds. The molecule has 0 aliphatic rings. The van der Waals surface area contributed by atoms with E-state index in [-0.39, 0.29) is 6.04 Å². The molecule has 2 rings (SSSR count). The minimum Gasteiger partial charge on any atom is -0.472 e. The van der Waals surface area contributed by atoms with Gasteiger partial charge in [0, 0.05) is 23.0 Å². The van der Waals surface area contributed by atoms with Gasteiger partial charge in [0.25, 0.3) is 0 Å². The third-order valence-corrected chi connectivity index (χ3v) is 3.44. The lowest BCUT2D eigenvalue weighted by atomic mass is 10.2. The summed E-state index contributed by atoms with van der Waals surface area (Å²) in [4.78, 5) is 5.84. The maximum Gasteiger partial charge on any atom is 0.0947 e. The van der Waals surface area contributed by atoms with E-state index in [2.05, 4.69) is 24.1 Å². The van der Waals surface area contributed by atoms with Crippen LogP contribution in [0.15, 0.2) is 23.0 Å². The fourth-order valence-electron chi connectivity index (χ4n) is 1.71. The third-order valence-electron chi connectivity index (χ3n) is 2.54. The SMILES string of the molecule is Cc1nc(C(C)NCc2ccoc2)c(C)s1. The van der Waals surface area contributed by atoms with E-state index in [0.717, 1.165) is 22.8 Å². The Bertz CT molecular complexity index is 448. The van der Waals surface area contributed by atoms with Gasteiger partial charge in [-0.2, -0.15) is 0 Å². The van der Waals surface area contributed by atoms with Gasteiger partial charge >= 0.3 is 0 Å². The fraction of sp³-hybridized carbons (Fsp3) is 0.417. The fourth-order valence-corrected chi connectivity index (χ4v) is 2.62. The smallest absolute Gasteiger partial charge is 0.0947 e. The van der Waals surface area contributed by atoms with Crippen molar-refractivity contribution in [1.82, 2.24) is 10.3 Å². The zero-order valence-electron chi connectivity index (χ0n) is 9.78. The highest BCUT2D eigenvalue weighted by atomic mass is 32.1. The van der Waals surface area contributed by atoms with Gasteiger partial charge in [0.05, 0.1) is 23.2 Å². The summed E-state index contributed by atoms with van der Waals surface area (Å²) in [6, 6.07) is 2.25. The van der Waals surface area contributed by atoms with Crippen LogP contribution in [0.2, 0.25) is 0 Å². The van der Waals surface area contributed by atoms with Crippen molar-refractivity contribution < 1.29 is 4.42 Å². The molecule has 0 saturated heterocycles. The predicted octanol–water partition coefficient (Wildman–Crippen LogP) is 3.20. The molecule has 1 N–H and O–H groups in total. The minimum absolute atomic E-state index is 0.278. The lowest BCUT2D eigenvalue weighted by molar-refractivity contribution is 0.541. The van der Waals surface area contributed by atoms with Gasteiger partial charge in [-0.25, -0.2) is 4.98 Å². The number of rotatable bonds is 4. The Hall–Kier alpha value is -1.13. The van der Waals surface area contributed by atoms with E-state index in [9.17, 15) is 0 Å². The normalized spacial score (nSPS) is 12.9. The van der Waals surface area contributed by atoms with E-state index in [1.165, 1.54) is 4.88 Å². The van der Waals surface area contributed by atoms with E-state index in [4.69, 9.17) is 4.42 Å². The first-order valence-corrected chi connectivity index (χ1v) is 6.17. The second-order valence-corrected chi connectivity index (χ2v) is 5.32. The van der Waals surface area contributed by atoms with Crippen molar-refractivity contribution in [2.75, 3.05) is 0 Å². The predicted molar refractivity (Wildman–Crippen MR) is 65.6 cm³/mol. The zero-order chi connectivity index (χ0) is 11.5. The van der Waals surface area contributed by atoms with Crippen molar-refractivity contribution in [2.24, 2.45) is 0 Å². The zero-order valence-corrected chi connectivity index (χ0v) is 10.6. The summed E-state index contributed by atoms with van der Waals surface area (Å²) in [7, 11) is 0. The number of thiazole rings is 1. The molecule has 0 aromatic carbocycles. The molecule has 4 heteroatoms. The molecule has 0 spiro atoms. The molecule has 2 aromatic heterocycles. The Morgan fingerprint density at radius 2 is 2.31 bits per heavy atom. The second kappa shape index (κ2) is 4.80. The van der Waals surface area contributed by atoms with Crippen molar-refractivity contribution in [2.45, 2.75) is 33.4 Å². The molecule has 0 aliphatic heterocycles. The number of hydrogen-bond donors (Lipinski definition) is 1. The lowest BCUT2D eigenvalue weighted by Gasteiger charge is -2.11. The van der Waals surface area contributed by atoms with Crippen molar-refractivity contribution in [3.05, 3.63) is 39.7 Å². The van der Waals surface area contributed by atoms with Crippen LogP contribution in [-0.2, 0) is 6.54 Å². The summed E-state index contributed by atoms with van der Waals surface area (Å²) < 4.78 is 5.03. The number of furan rings is 1. The Labute approximate surface area is 99.5 Å². The summed E-state index contributed by atoms with van der Waals surface area (Å²) in [6.45, 7) is 7.12. The topological polar surface area (TPSA) is 38.1 Å². The van der Waals surface area contributed by atoms with Gasteiger partial charge in [-0.05, 0) is 26.8 Å². The highest BCUT2D eigenvalue weighted by Gasteiger charge is 2.12. The van der Waals surface area contributed by atoms with Crippen LogP contribution in [0.5, 0.6) is 0 Å². The van der Waals surface area contributed by atoms with Crippen molar-refractivity contribution >= 4 is 11.3 Å². The standard InChI is InChI=1S/C12H16N2OS/c1-8(12-9(2)16-10(3)14-12)13-6-11-4-5-15-7-11/h4-5,7-8,13H,6H2,1-3H3. The van der Waals surface area contributed by atoms with E-state index < -0.39 is 0 Å². The first-order valence-electron chi connectivity index (χ1n) is 5.35. The van der Waals surface area contributed by atoms with Gasteiger partial charge < -0.3 is 9.73 Å². The highest BCUT2D eigenvalue weighted by Crippen LogP contribution is 2.22. The Balaban J connectivity index is 1.98. The van der Waals surface area contributed by atoms with E-state index >= 15 is 0 Å². The average molecular weight is 236 g/mol. The van der Waals surface area contributed by atoms with Gasteiger partial charge in [-0.3, -0.25) is 0 Å². The first kappa shape index (κ1) is 11.4. The van der Waals surface area contributed by atoms with Crippen LogP contribution in [0.25, 0.3) is 0 Å². The quantitative estimate of drug-likeness (QED) is 0.885.